The Kier molecular flexibility index (Phi) is 6.52. The van der Waals surface area contributed by atoms with E-state index in [4.69, 9.17) is 9.97 Å². The summed E-state index contributed by atoms with van der Waals surface area (Å²) < 4.78 is 2.38. The van der Waals surface area contributed by atoms with Gasteiger partial charge in [-0.15, -0.1) is 0 Å². The van der Waals surface area contributed by atoms with E-state index >= 15 is 0 Å². The van der Waals surface area contributed by atoms with E-state index in [2.05, 4.69) is 179 Å². The highest BCUT2D eigenvalue weighted by atomic mass is 15.0. The molecule has 11 aromatic rings. The van der Waals surface area contributed by atoms with E-state index in [1.807, 2.05) is 12.3 Å². The molecule has 4 heteroatoms. The van der Waals surface area contributed by atoms with Crippen molar-refractivity contribution in [2.24, 2.45) is 0 Å². The van der Waals surface area contributed by atoms with Crippen LogP contribution in [0.1, 0.15) is 0 Å². The number of rotatable bonds is 4. The Labute approximate surface area is 305 Å². The number of para-hydroxylation sites is 3. The van der Waals surface area contributed by atoms with Crippen molar-refractivity contribution in [2.45, 2.75) is 0 Å². The van der Waals surface area contributed by atoms with Crippen LogP contribution in [0.3, 0.4) is 0 Å². The lowest BCUT2D eigenvalue weighted by atomic mass is 9.95. The van der Waals surface area contributed by atoms with Crippen molar-refractivity contribution in [1.82, 2.24) is 19.5 Å². The molecule has 0 radical (unpaired) electrons. The Balaban J connectivity index is 1.05. The summed E-state index contributed by atoms with van der Waals surface area (Å²) in [5.41, 5.74) is 12.7. The molecule has 0 aliphatic rings. The first-order chi connectivity index (χ1) is 26.3. The van der Waals surface area contributed by atoms with Gasteiger partial charge in [0.15, 0.2) is 0 Å². The second-order valence-corrected chi connectivity index (χ2v) is 13.6. The van der Waals surface area contributed by atoms with E-state index in [1.54, 1.807) is 0 Å². The van der Waals surface area contributed by atoms with Crippen LogP contribution in [0.15, 0.2) is 182 Å². The molecule has 4 heterocycles. The van der Waals surface area contributed by atoms with Crippen LogP contribution in [0, 0.1) is 0 Å². The summed E-state index contributed by atoms with van der Waals surface area (Å²) >= 11 is 0. The molecule has 0 aliphatic heterocycles. The van der Waals surface area contributed by atoms with Gasteiger partial charge in [0, 0.05) is 60.7 Å². The van der Waals surface area contributed by atoms with Gasteiger partial charge in [0.1, 0.15) is 0 Å². The first-order valence-corrected chi connectivity index (χ1v) is 17.9. The zero-order chi connectivity index (χ0) is 34.9. The summed E-state index contributed by atoms with van der Waals surface area (Å²) in [6.07, 6.45) is 1.83. The van der Waals surface area contributed by atoms with E-state index in [1.165, 1.54) is 27.2 Å². The number of benzene rings is 7. The van der Waals surface area contributed by atoms with Crippen LogP contribution < -0.4 is 0 Å². The molecule has 0 N–H and O–H groups in total. The minimum atomic E-state index is 0.923. The van der Waals surface area contributed by atoms with E-state index in [0.717, 1.165) is 77.4 Å². The van der Waals surface area contributed by atoms with Crippen LogP contribution in [-0.2, 0) is 0 Å². The highest BCUT2D eigenvalue weighted by Gasteiger charge is 2.19. The molecule has 0 aliphatic carbocycles. The van der Waals surface area contributed by atoms with Gasteiger partial charge in [-0.05, 0) is 59.7 Å². The first kappa shape index (κ1) is 29.5. The van der Waals surface area contributed by atoms with Gasteiger partial charge in [-0.1, -0.05) is 127 Å². The number of aromatic nitrogens is 4. The molecule has 4 nitrogen and oxygen atoms in total. The lowest BCUT2D eigenvalue weighted by molar-refractivity contribution is 1.18. The van der Waals surface area contributed by atoms with Gasteiger partial charge in [-0.2, -0.15) is 0 Å². The summed E-state index contributed by atoms with van der Waals surface area (Å²) in [7, 11) is 0. The van der Waals surface area contributed by atoms with Crippen molar-refractivity contribution in [3.05, 3.63) is 182 Å². The molecular weight excluding hydrogens is 645 g/mol. The lowest BCUT2D eigenvalue weighted by Gasteiger charge is -2.13. The monoisotopic (exact) mass is 674 g/mol. The zero-order valence-corrected chi connectivity index (χ0v) is 28.6. The zero-order valence-electron chi connectivity index (χ0n) is 28.6. The minimum absolute atomic E-state index is 0.923. The number of pyridine rings is 3. The predicted octanol–water partition coefficient (Wildman–Crippen LogP) is 12.6. The number of hydrogen-bond acceptors (Lipinski definition) is 3. The fourth-order valence-corrected chi connectivity index (χ4v) is 8.14. The SMILES string of the molecule is c1ccc(-n2c3ccccc3c3c4c(ccc32)c(-c2ccc(-c3cccc(-c5ccc6ccc7cccnc7c6n5)c3)cc2)nc2ccccc24)cc1. The summed E-state index contributed by atoms with van der Waals surface area (Å²) in [4.78, 5) is 15.1. The standard InChI is InChI=1S/C49H30N4/c1-2-13-37(14-3-1)53-43-18-7-5-16-39(43)46-44(53)28-26-40-45(46)38-15-4-6-17-42(38)52-47(40)33-21-19-31(20-22-33)35-10-8-11-36(30-35)41-27-25-34-24-23-32-12-9-29-50-48(32)49(34)51-41/h1-30H. The first-order valence-electron chi connectivity index (χ1n) is 17.9. The fourth-order valence-electron chi connectivity index (χ4n) is 8.14. The Morgan fingerprint density at radius 2 is 1.13 bits per heavy atom. The van der Waals surface area contributed by atoms with Crippen LogP contribution in [0.5, 0.6) is 0 Å². The Bertz CT molecular complexity index is 3220. The normalized spacial score (nSPS) is 11.8. The van der Waals surface area contributed by atoms with E-state index in [9.17, 15) is 0 Å². The van der Waals surface area contributed by atoms with Gasteiger partial charge in [0.05, 0.1) is 39.0 Å². The van der Waals surface area contributed by atoms with E-state index < -0.39 is 0 Å². The van der Waals surface area contributed by atoms with E-state index in [-0.39, 0.29) is 0 Å². The average molecular weight is 675 g/mol. The topological polar surface area (TPSA) is 43.6 Å². The van der Waals surface area contributed by atoms with Crippen LogP contribution in [0.4, 0.5) is 0 Å². The maximum absolute atomic E-state index is 5.31. The molecule has 0 fully saturated rings. The van der Waals surface area contributed by atoms with Crippen molar-refractivity contribution in [2.75, 3.05) is 0 Å². The predicted molar refractivity (Wildman–Crippen MR) is 220 cm³/mol. The number of hydrogen-bond donors (Lipinski definition) is 0. The van der Waals surface area contributed by atoms with Crippen LogP contribution >= 0.6 is 0 Å². The second-order valence-electron chi connectivity index (χ2n) is 13.6. The third-order valence-electron chi connectivity index (χ3n) is 10.6. The van der Waals surface area contributed by atoms with Crippen LogP contribution in [0.2, 0.25) is 0 Å². The number of nitrogens with zero attached hydrogens (tertiary/aromatic N) is 4. The van der Waals surface area contributed by atoms with Crippen molar-refractivity contribution in [3.8, 4) is 39.3 Å². The van der Waals surface area contributed by atoms with Gasteiger partial charge in [0.2, 0.25) is 0 Å². The van der Waals surface area contributed by atoms with Crippen molar-refractivity contribution in [3.63, 3.8) is 0 Å². The largest absolute Gasteiger partial charge is 0.309 e. The molecule has 0 saturated heterocycles. The smallest absolute Gasteiger partial charge is 0.0972 e. The van der Waals surface area contributed by atoms with Crippen LogP contribution in [-0.4, -0.2) is 19.5 Å². The fraction of sp³-hybridized carbons (Fsp3) is 0. The molecule has 0 unspecified atom stereocenters. The molecule has 0 saturated carbocycles. The Hall–Kier alpha value is -7.17. The maximum Gasteiger partial charge on any atom is 0.0972 e. The maximum atomic E-state index is 5.31. The third-order valence-corrected chi connectivity index (χ3v) is 10.6. The molecule has 0 bridgehead atoms. The molecule has 0 atom stereocenters. The van der Waals surface area contributed by atoms with Crippen molar-refractivity contribution >= 4 is 65.3 Å². The summed E-state index contributed by atoms with van der Waals surface area (Å²) in [6.45, 7) is 0. The Morgan fingerprint density at radius 1 is 0.396 bits per heavy atom. The molecule has 246 valence electrons. The van der Waals surface area contributed by atoms with Gasteiger partial charge in [-0.3, -0.25) is 4.98 Å². The van der Waals surface area contributed by atoms with Gasteiger partial charge in [-0.25, -0.2) is 9.97 Å². The average Bonchev–Trinajstić information content (AvgIpc) is 3.58. The molecule has 0 spiro atoms. The van der Waals surface area contributed by atoms with E-state index in [0.29, 0.717) is 0 Å². The molecular formula is C49H30N4. The molecule has 0 amide bonds. The van der Waals surface area contributed by atoms with Gasteiger partial charge in [0.25, 0.3) is 0 Å². The van der Waals surface area contributed by atoms with Crippen molar-refractivity contribution in [1.29, 1.82) is 0 Å². The highest BCUT2D eigenvalue weighted by Crippen LogP contribution is 2.42. The quantitative estimate of drug-likeness (QED) is 0.175. The third kappa shape index (κ3) is 4.66. The highest BCUT2D eigenvalue weighted by molar-refractivity contribution is 6.29. The lowest BCUT2D eigenvalue weighted by Crippen LogP contribution is -1.94. The Morgan fingerprint density at radius 3 is 2.02 bits per heavy atom. The van der Waals surface area contributed by atoms with Gasteiger partial charge < -0.3 is 4.57 Å². The second kappa shape index (κ2) is 11.7. The van der Waals surface area contributed by atoms with Crippen molar-refractivity contribution < 1.29 is 0 Å². The molecule has 7 aromatic carbocycles. The molecule has 4 aromatic heterocycles. The summed E-state index contributed by atoms with van der Waals surface area (Å²) in [5, 5.41) is 8.20. The summed E-state index contributed by atoms with van der Waals surface area (Å²) in [6, 6.07) is 62.5. The minimum Gasteiger partial charge on any atom is -0.309 e. The summed E-state index contributed by atoms with van der Waals surface area (Å²) in [5.74, 6) is 0. The van der Waals surface area contributed by atoms with Crippen LogP contribution in [0.25, 0.3) is 105 Å². The molecule has 11 rings (SSSR count). The van der Waals surface area contributed by atoms with Gasteiger partial charge >= 0.3 is 0 Å². The number of fused-ring (bicyclic) bond motifs is 10. The molecule has 53 heavy (non-hydrogen) atoms.